The van der Waals surface area contributed by atoms with Crippen LogP contribution in [0.2, 0.25) is 0 Å². The zero-order valence-corrected chi connectivity index (χ0v) is 17.3. The lowest BCUT2D eigenvalue weighted by Gasteiger charge is -2.16. The summed E-state index contributed by atoms with van der Waals surface area (Å²) in [5.74, 6) is -6.07. The molecular weight excluding hydrogens is 446 g/mol. The van der Waals surface area contributed by atoms with Gasteiger partial charge in [-0.2, -0.15) is 18.9 Å². The molecule has 0 spiro atoms. The molecule has 33 heavy (non-hydrogen) atoms. The fraction of sp³-hybridized carbons (Fsp3) is 0.227. The van der Waals surface area contributed by atoms with Gasteiger partial charge in [0.2, 0.25) is 5.91 Å². The molecule has 0 fully saturated rings. The lowest BCUT2D eigenvalue weighted by Crippen LogP contribution is -2.36. The number of alkyl halides is 4. The maximum absolute atomic E-state index is 13.9. The highest BCUT2D eigenvalue weighted by Crippen LogP contribution is 2.35. The van der Waals surface area contributed by atoms with E-state index in [1.54, 1.807) is 0 Å². The molecule has 2 amide bonds. The predicted molar refractivity (Wildman–Crippen MR) is 112 cm³/mol. The molecule has 1 N–H and O–H groups in total. The summed E-state index contributed by atoms with van der Waals surface area (Å²) < 4.78 is 62.0. The fourth-order valence-electron chi connectivity index (χ4n) is 3.45. The first-order chi connectivity index (χ1) is 15.5. The van der Waals surface area contributed by atoms with Crippen LogP contribution in [0.1, 0.15) is 19.4 Å². The van der Waals surface area contributed by atoms with E-state index in [1.807, 2.05) is 0 Å². The zero-order valence-electron chi connectivity index (χ0n) is 17.3. The number of halogens is 4. The highest BCUT2D eigenvalue weighted by atomic mass is 19.3. The lowest BCUT2D eigenvalue weighted by atomic mass is 10.0. The number of hydrogen-bond acceptors (Lipinski definition) is 5. The summed E-state index contributed by atoms with van der Waals surface area (Å²) in [6.45, 7) is -0.799. The molecule has 0 saturated heterocycles. The summed E-state index contributed by atoms with van der Waals surface area (Å²) in [6.07, 6.45) is 1.30. The van der Waals surface area contributed by atoms with Gasteiger partial charge in [-0.05, 0) is 49.4 Å². The maximum Gasteiger partial charge on any atom is 0.387 e. The van der Waals surface area contributed by atoms with Gasteiger partial charge in [-0.25, -0.2) is 8.78 Å². The second-order valence-electron chi connectivity index (χ2n) is 7.44. The number of fused-ring (bicyclic) bond motifs is 1. The minimum atomic E-state index is -3.16. The molecule has 2 aromatic carbocycles. The van der Waals surface area contributed by atoms with Crippen molar-refractivity contribution in [3.8, 4) is 5.75 Å². The fourth-order valence-corrected chi connectivity index (χ4v) is 3.45. The zero-order chi connectivity index (χ0) is 23.9. The molecule has 1 aliphatic rings. The largest absolute Gasteiger partial charge is 0.462 e. The van der Waals surface area contributed by atoms with E-state index in [0.29, 0.717) is 5.39 Å². The van der Waals surface area contributed by atoms with Crippen molar-refractivity contribution in [2.75, 3.05) is 10.3 Å². The number of hydrazone groups is 1. The predicted octanol–water partition coefficient (Wildman–Crippen LogP) is 5.12. The average Bonchev–Trinajstić information content (AvgIpc) is 3.31. The van der Waals surface area contributed by atoms with E-state index in [1.165, 1.54) is 49.6 Å². The van der Waals surface area contributed by atoms with E-state index >= 15 is 0 Å². The van der Waals surface area contributed by atoms with Gasteiger partial charge in [-0.1, -0.05) is 0 Å². The van der Waals surface area contributed by atoms with Crippen molar-refractivity contribution in [3.05, 3.63) is 54.3 Å². The van der Waals surface area contributed by atoms with Crippen LogP contribution in [0.15, 0.2) is 58.2 Å². The van der Waals surface area contributed by atoms with E-state index in [-0.39, 0.29) is 34.0 Å². The number of nitrogens with one attached hydrogen (secondary N) is 1. The normalized spacial score (nSPS) is 16.5. The third-order valence-electron chi connectivity index (χ3n) is 5.02. The third-order valence-corrected chi connectivity index (χ3v) is 5.02. The molecule has 0 radical (unpaired) electrons. The minimum absolute atomic E-state index is 0.00780. The third kappa shape index (κ3) is 4.38. The first-order valence-electron chi connectivity index (χ1n) is 9.69. The van der Waals surface area contributed by atoms with Crippen LogP contribution in [0.25, 0.3) is 11.0 Å². The number of amides is 2. The molecule has 1 unspecified atom stereocenters. The summed E-state index contributed by atoms with van der Waals surface area (Å²) in [4.78, 5) is 25.8. The van der Waals surface area contributed by atoms with Crippen LogP contribution in [0.4, 0.5) is 28.9 Å². The molecule has 0 aliphatic carbocycles. The number of benzene rings is 2. The Balaban J connectivity index is 1.57. The molecule has 3 aromatic rings. The van der Waals surface area contributed by atoms with Crippen molar-refractivity contribution in [1.82, 2.24) is 0 Å². The molecule has 1 atom stereocenters. The molecule has 0 saturated carbocycles. The number of furan rings is 1. The van der Waals surface area contributed by atoms with Crippen molar-refractivity contribution >= 4 is 39.9 Å². The van der Waals surface area contributed by atoms with E-state index < -0.39 is 30.3 Å². The maximum atomic E-state index is 13.9. The summed E-state index contributed by atoms with van der Waals surface area (Å²) in [5.41, 5.74) is 0.243. The highest BCUT2D eigenvalue weighted by molar-refractivity contribution is 6.29. The summed E-state index contributed by atoms with van der Waals surface area (Å²) >= 11 is 0. The van der Waals surface area contributed by atoms with Gasteiger partial charge in [-0.15, -0.1) is 0 Å². The topological polar surface area (TPSA) is 84.1 Å². The van der Waals surface area contributed by atoms with Crippen molar-refractivity contribution in [1.29, 1.82) is 0 Å². The van der Waals surface area contributed by atoms with Gasteiger partial charge in [0.15, 0.2) is 11.5 Å². The minimum Gasteiger partial charge on any atom is -0.462 e. The van der Waals surface area contributed by atoms with E-state index in [0.717, 1.165) is 18.0 Å². The van der Waals surface area contributed by atoms with Crippen LogP contribution in [-0.2, 0) is 15.5 Å². The van der Waals surface area contributed by atoms with Gasteiger partial charge in [0.05, 0.1) is 23.3 Å². The highest BCUT2D eigenvalue weighted by Gasteiger charge is 2.40. The van der Waals surface area contributed by atoms with Crippen LogP contribution in [0, 0.1) is 5.92 Å². The van der Waals surface area contributed by atoms with Gasteiger partial charge in [0.1, 0.15) is 5.75 Å². The Morgan fingerprint density at radius 3 is 2.55 bits per heavy atom. The standard InChI is InChI=1S/C22H17F4N3O4/c1-11-17(20(31)29(28-11)14-3-5-15(6-4-14)33-21(23)24)19(30)27-16-10-13(22(2,25)26)9-12-7-8-32-18(12)16/h3-10,17,21H,1-2H3,(H,27,30). The van der Waals surface area contributed by atoms with Crippen LogP contribution >= 0.6 is 0 Å². The Bertz CT molecular complexity index is 1250. The SMILES string of the molecule is CC1=NN(c2ccc(OC(F)F)cc2)C(=O)C1C(=O)Nc1cc(C(C)(F)F)cc2ccoc12. The summed E-state index contributed by atoms with van der Waals surface area (Å²) in [7, 11) is 0. The first-order valence-corrected chi connectivity index (χ1v) is 9.69. The van der Waals surface area contributed by atoms with Crippen molar-refractivity contribution in [2.24, 2.45) is 11.0 Å². The van der Waals surface area contributed by atoms with Crippen LogP contribution in [0.3, 0.4) is 0 Å². The Labute approximate surface area is 184 Å². The lowest BCUT2D eigenvalue weighted by molar-refractivity contribution is -0.127. The first kappa shape index (κ1) is 22.3. The molecule has 11 heteroatoms. The molecular formula is C22H17F4N3O4. The van der Waals surface area contributed by atoms with Gasteiger partial charge in [0.25, 0.3) is 11.8 Å². The second kappa shape index (κ2) is 8.23. The van der Waals surface area contributed by atoms with Crippen molar-refractivity contribution < 1.29 is 36.3 Å². The van der Waals surface area contributed by atoms with Crippen molar-refractivity contribution in [3.63, 3.8) is 0 Å². The van der Waals surface area contributed by atoms with Crippen LogP contribution in [-0.4, -0.2) is 24.1 Å². The number of rotatable bonds is 6. The Morgan fingerprint density at radius 1 is 1.21 bits per heavy atom. The quantitative estimate of drug-likeness (QED) is 0.406. The molecule has 7 nitrogen and oxygen atoms in total. The Hall–Kier alpha value is -3.89. The van der Waals surface area contributed by atoms with Gasteiger partial charge in [-0.3, -0.25) is 9.59 Å². The van der Waals surface area contributed by atoms with Crippen molar-refractivity contribution in [2.45, 2.75) is 26.4 Å². The molecule has 172 valence electrons. The van der Waals surface area contributed by atoms with E-state index in [2.05, 4.69) is 15.2 Å². The molecule has 0 bridgehead atoms. The van der Waals surface area contributed by atoms with Gasteiger partial charge in [0, 0.05) is 17.9 Å². The smallest absolute Gasteiger partial charge is 0.387 e. The Morgan fingerprint density at radius 2 is 1.91 bits per heavy atom. The van der Waals surface area contributed by atoms with Gasteiger partial charge >= 0.3 is 6.61 Å². The molecule has 2 heterocycles. The average molecular weight is 463 g/mol. The van der Waals surface area contributed by atoms with Crippen LogP contribution in [0.5, 0.6) is 5.75 Å². The summed E-state index contributed by atoms with van der Waals surface area (Å²) in [6, 6.07) is 8.98. The number of anilines is 2. The Kier molecular flexibility index (Phi) is 5.56. The molecule has 1 aliphatic heterocycles. The number of ether oxygens (including phenoxy) is 1. The monoisotopic (exact) mass is 463 g/mol. The second-order valence-corrected chi connectivity index (χ2v) is 7.44. The van der Waals surface area contributed by atoms with Crippen LogP contribution < -0.4 is 15.1 Å². The number of nitrogens with zero attached hydrogens (tertiary/aromatic N) is 2. The van der Waals surface area contributed by atoms with E-state index in [9.17, 15) is 27.2 Å². The number of hydrogen-bond donors (Lipinski definition) is 1. The molecule has 1 aromatic heterocycles. The molecule has 4 rings (SSSR count). The summed E-state index contributed by atoms with van der Waals surface area (Å²) in [5, 5.41) is 7.91. The van der Waals surface area contributed by atoms with E-state index in [4.69, 9.17) is 4.42 Å². The van der Waals surface area contributed by atoms with Gasteiger partial charge < -0.3 is 14.5 Å². The number of carbonyl (C=O) groups excluding carboxylic acids is 2. The number of carbonyl (C=O) groups is 2.